The monoisotopic (exact) mass is 391 g/mol. The molecule has 2 aliphatic rings. The molecule has 2 aliphatic heterocycles. The van der Waals surface area contributed by atoms with Crippen molar-refractivity contribution in [1.29, 1.82) is 0 Å². The van der Waals surface area contributed by atoms with Gasteiger partial charge in [0.25, 0.3) is 5.91 Å². The molecule has 3 aromatic rings. The van der Waals surface area contributed by atoms with Gasteiger partial charge in [-0.25, -0.2) is 9.97 Å². The minimum atomic E-state index is 0.0370. The molecular weight excluding hydrogens is 366 g/mol. The third-order valence-corrected chi connectivity index (χ3v) is 5.98. The van der Waals surface area contributed by atoms with Crippen molar-refractivity contribution in [1.82, 2.24) is 34.2 Å². The Morgan fingerprint density at radius 2 is 2.03 bits per heavy atom. The molecule has 0 spiro atoms. The van der Waals surface area contributed by atoms with Crippen molar-refractivity contribution in [3.05, 3.63) is 54.3 Å². The number of rotatable bonds is 3. The van der Waals surface area contributed by atoms with E-state index in [4.69, 9.17) is 0 Å². The van der Waals surface area contributed by atoms with Crippen molar-refractivity contribution in [3.63, 3.8) is 0 Å². The third-order valence-electron chi connectivity index (χ3n) is 5.98. The molecule has 0 saturated carbocycles. The van der Waals surface area contributed by atoms with Gasteiger partial charge in [-0.2, -0.15) is 0 Å². The summed E-state index contributed by atoms with van der Waals surface area (Å²) >= 11 is 0. The second-order valence-corrected chi connectivity index (χ2v) is 7.90. The Kier molecular flexibility index (Phi) is 4.83. The van der Waals surface area contributed by atoms with Crippen LogP contribution in [0.15, 0.2) is 37.1 Å². The number of hydrogen-bond donors (Lipinski definition) is 0. The molecule has 1 atom stereocenters. The summed E-state index contributed by atoms with van der Waals surface area (Å²) in [5, 5.41) is 8.97. The van der Waals surface area contributed by atoms with Gasteiger partial charge in [0, 0.05) is 50.6 Å². The van der Waals surface area contributed by atoms with Crippen LogP contribution in [0.5, 0.6) is 0 Å². The van der Waals surface area contributed by atoms with E-state index in [-0.39, 0.29) is 11.8 Å². The molecule has 29 heavy (non-hydrogen) atoms. The van der Waals surface area contributed by atoms with Crippen molar-refractivity contribution in [2.45, 2.75) is 51.0 Å². The summed E-state index contributed by atoms with van der Waals surface area (Å²) in [6.45, 7) is 2.47. The van der Waals surface area contributed by atoms with Crippen LogP contribution in [0, 0.1) is 0 Å². The first-order valence-electron chi connectivity index (χ1n) is 10.5. The normalized spacial score (nSPS) is 19.6. The van der Waals surface area contributed by atoms with Crippen molar-refractivity contribution >= 4 is 5.91 Å². The van der Waals surface area contributed by atoms with Gasteiger partial charge in [0.2, 0.25) is 0 Å². The second kappa shape index (κ2) is 7.77. The van der Waals surface area contributed by atoms with Gasteiger partial charge in [0.1, 0.15) is 23.8 Å². The molecule has 0 aliphatic carbocycles. The SMILES string of the molecule is O=C(c1ccc(-n2ccnc2)nc1)N1CCCC(c2nnc3n2CCCCC3)C1. The largest absolute Gasteiger partial charge is 0.338 e. The Morgan fingerprint density at radius 1 is 1.07 bits per heavy atom. The summed E-state index contributed by atoms with van der Waals surface area (Å²) in [6.07, 6.45) is 13.6. The van der Waals surface area contributed by atoms with E-state index >= 15 is 0 Å². The van der Waals surface area contributed by atoms with Gasteiger partial charge in [-0.1, -0.05) is 6.42 Å². The Hall–Kier alpha value is -3.03. The first-order chi connectivity index (χ1) is 14.3. The smallest absolute Gasteiger partial charge is 0.255 e. The molecule has 0 N–H and O–H groups in total. The Bertz CT molecular complexity index is 977. The molecule has 1 unspecified atom stereocenters. The summed E-state index contributed by atoms with van der Waals surface area (Å²) in [6, 6.07) is 3.70. The summed E-state index contributed by atoms with van der Waals surface area (Å²) < 4.78 is 4.13. The molecule has 8 nitrogen and oxygen atoms in total. The highest BCUT2D eigenvalue weighted by molar-refractivity contribution is 5.94. The zero-order valence-electron chi connectivity index (χ0n) is 16.4. The van der Waals surface area contributed by atoms with Gasteiger partial charge in [0.15, 0.2) is 0 Å². The number of amides is 1. The average Bonchev–Trinajstić information content (AvgIpc) is 3.39. The van der Waals surface area contributed by atoms with E-state index < -0.39 is 0 Å². The van der Waals surface area contributed by atoms with Crippen LogP contribution in [-0.4, -0.2) is 53.2 Å². The van der Waals surface area contributed by atoms with Crippen LogP contribution < -0.4 is 0 Å². The zero-order chi connectivity index (χ0) is 19.6. The highest BCUT2D eigenvalue weighted by atomic mass is 16.2. The van der Waals surface area contributed by atoms with Crippen molar-refractivity contribution in [2.75, 3.05) is 13.1 Å². The number of piperidine rings is 1. The zero-order valence-corrected chi connectivity index (χ0v) is 16.4. The van der Waals surface area contributed by atoms with Crippen LogP contribution in [0.4, 0.5) is 0 Å². The lowest BCUT2D eigenvalue weighted by Gasteiger charge is -2.32. The number of pyridine rings is 1. The van der Waals surface area contributed by atoms with Crippen molar-refractivity contribution in [3.8, 4) is 5.82 Å². The molecule has 5 rings (SSSR count). The van der Waals surface area contributed by atoms with Crippen LogP contribution in [0.2, 0.25) is 0 Å². The van der Waals surface area contributed by atoms with Crippen molar-refractivity contribution in [2.24, 2.45) is 0 Å². The standard InChI is InChI=1S/C21H25N7O/c29-21(16-7-8-18(23-13-16)27-12-9-22-15-27)26-10-4-5-17(14-26)20-25-24-19-6-2-1-3-11-28(19)20/h7-9,12-13,15,17H,1-6,10-11,14H2. The predicted molar refractivity (Wildman–Crippen MR) is 107 cm³/mol. The van der Waals surface area contributed by atoms with E-state index in [1.54, 1.807) is 18.7 Å². The summed E-state index contributed by atoms with van der Waals surface area (Å²) in [4.78, 5) is 23.5. The number of aromatic nitrogens is 6. The number of carbonyl (C=O) groups excluding carboxylic acids is 1. The van der Waals surface area contributed by atoms with Gasteiger partial charge in [-0.15, -0.1) is 10.2 Å². The van der Waals surface area contributed by atoms with Gasteiger partial charge in [-0.3, -0.25) is 9.36 Å². The van der Waals surface area contributed by atoms with Gasteiger partial charge >= 0.3 is 0 Å². The number of hydrogen-bond acceptors (Lipinski definition) is 5. The summed E-state index contributed by atoms with van der Waals surface area (Å²) in [7, 11) is 0. The quantitative estimate of drug-likeness (QED) is 0.685. The van der Waals surface area contributed by atoms with Crippen LogP contribution >= 0.6 is 0 Å². The highest BCUT2D eigenvalue weighted by Gasteiger charge is 2.30. The lowest BCUT2D eigenvalue weighted by molar-refractivity contribution is 0.0702. The fraction of sp³-hybridized carbons (Fsp3) is 0.476. The Labute approximate surface area is 169 Å². The Morgan fingerprint density at radius 3 is 2.86 bits per heavy atom. The van der Waals surface area contributed by atoms with E-state index in [0.29, 0.717) is 12.1 Å². The molecule has 1 fully saturated rings. The number of likely N-dealkylation sites (tertiary alicyclic amines) is 1. The molecule has 1 amide bonds. The fourth-order valence-electron chi connectivity index (χ4n) is 4.42. The van der Waals surface area contributed by atoms with Crippen molar-refractivity contribution < 1.29 is 4.79 Å². The number of nitrogens with zero attached hydrogens (tertiary/aromatic N) is 7. The number of imidazole rings is 1. The lowest BCUT2D eigenvalue weighted by atomic mass is 9.96. The van der Waals surface area contributed by atoms with Gasteiger partial charge in [-0.05, 0) is 37.8 Å². The van der Waals surface area contributed by atoms with Crippen LogP contribution in [0.25, 0.3) is 5.82 Å². The maximum atomic E-state index is 13.1. The maximum absolute atomic E-state index is 13.1. The van der Waals surface area contributed by atoms with E-state index in [2.05, 4.69) is 24.7 Å². The fourth-order valence-corrected chi connectivity index (χ4v) is 4.42. The van der Waals surface area contributed by atoms with E-state index in [9.17, 15) is 4.79 Å². The molecule has 0 aromatic carbocycles. The number of carbonyl (C=O) groups is 1. The topological polar surface area (TPSA) is 81.7 Å². The lowest BCUT2D eigenvalue weighted by Crippen LogP contribution is -2.39. The summed E-state index contributed by atoms with van der Waals surface area (Å²) in [5.74, 6) is 3.22. The average molecular weight is 391 g/mol. The van der Waals surface area contributed by atoms with E-state index in [0.717, 1.165) is 49.8 Å². The maximum Gasteiger partial charge on any atom is 0.255 e. The van der Waals surface area contributed by atoms with E-state index in [1.807, 2.05) is 27.8 Å². The molecule has 0 radical (unpaired) electrons. The molecule has 1 saturated heterocycles. The van der Waals surface area contributed by atoms with Crippen LogP contribution in [0.1, 0.15) is 60.0 Å². The van der Waals surface area contributed by atoms with Gasteiger partial charge in [0.05, 0.1) is 5.56 Å². The molecular formula is C21H25N7O. The molecule has 5 heterocycles. The molecule has 150 valence electrons. The predicted octanol–water partition coefficient (Wildman–Crippen LogP) is 2.61. The number of aryl methyl sites for hydroxylation is 1. The first-order valence-corrected chi connectivity index (χ1v) is 10.5. The highest BCUT2D eigenvalue weighted by Crippen LogP contribution is 2.28. The Balaban J connectivity index is 1.32. The summed E-state index contributed by atoms with van der Waals surface area (Å²) in [5.41, 5.74) is 0.620. The van der Waals surface area contributed by atoms with Crippen LogP contribution in [-0.2, 0) is 13.0 Å². The van der Waals surface area contributed by atoms with E-state index in [1.165, 1.54) is 19.3 Å². The third kappa shape index (κ3) is 3.54. The molecule has 8 heteroatoms. The number of fused-ring (bicyclic) bond motifs is 1. The first kappa shape index (κ1) is 18.0. The molecule has 3 aromatic heterocycles. The second-order valence-electron chi connectivity index (χ2n) is 7.90. The minimum absolute atomic E-state index is 0.0370. The van der Waals surface area contributed by atoms with Gasteiger partial charge < -0.3 is 9.47 Å². The van der Waals surface area contributed by atoms with Crippen LogP contribution in [0.3, 0.4) is 0 Å². The molecule has 0 bridgehead atoms. The minimum Gasteiger partial charge on any atom is -0.338 e.